The molecule has 0 bridgehead atoms. The Hall–Kier alpha value is -1.88. The molecule has 102 valence electrons. The molecule has 0 aliphatic carbocycles. The Morgan fingerprint density at radius 3 is 2.47 bits per heavy atom. The fourth-order valence-electron chi connectivity index (χ4n) is 1.99. The molecule has 2 aromatic rings. The largest absolute Gasteiger partial charge is 0.485 e. The van der Waals surface area contributed by atoms with Crippen molar-refractivity contribution in [1.29, 1.82) is 0 Å². The van der Waals surface area contributed by atoms with Crippen molar-refractivity contribution in [2.24, 2.45) is 0 Å². The van der Waals surface area contributed by atoms with Crippen LogP contribution in [0.5, 0.6) is 5.75 Å². The molecule has 1 aromatic heterocycles. The van der Waals surface area contributed by atoms with E-state index >= 15 is 0 Å². The van der Waals surface area contributed by atoms with E-state index in [9.17, 15) is 0 Å². The van der Waals surface area contributed by atoms with E-state index in [-0.39, 0.29) is 13.2 Å². The van der Waals surface area contributed by atoms with E-state index in [4.69, 9.17) is 14.4 Å². The molecule has 19 heavy (non-hydrogen) atoms. The Bertz CT molecular complexity index is 541. The molecule has 0 atom stereocenters. The van der Waals surface area contributed by atoms with Gasteiger partial charge in [-0.3, -0.25) is 0 Å². The van der Waals surface area contributed by atoms with Gasteiger partial charge in [0.25, 0.3) is 0 Å². The molecule has 0 radical (unpaired) electrons. The van der Waals surface area contributed by atoms with E-state index in [0.29, 0.717) is 11.7 Å². The number of rotatable bonds is 5. The lowest BCUT2D eigenvalue weighted by Gasteiger charge is -2.12. The molecule has 0 saturated carbocycles. The van der Waals surface area contributed by atoms with Gasteiger partial charge >= 0.3 is 0 Å². The zero-order valence-corrected chi connectivity index (χ0v) is 11.4. The van der Waals surface area contributed by atoms with Crippen LogP contribution in [-0.2, 0) is 19.6 Å². The normalized spacial score (nSPS) is 10.7. The van der Waals surface area contributed by atoms with Gasteiger partial charge in [-0.05, 0) is 30.5 Å². The Labute approximate surface area is 112 Å². The van der Waals surface area contributed by atoms with Gasteiger partial charge in [-0.25, -0.2) is 0 Å². The third-order valence-electron chi connectivity index (χ3n) is 2.86. The molecule has 1 N–H and O–H groups in total. The van der Waals surface area contributed by atoms with Crippen molar-refractivity contribution in [3.8, 4) is 5.75 Å². The van der Waals surface area contributed by atoms with Crippen LogP contribution in [0.1, 0.15) is 35.3 Å². The fraction of sp³-hybridized carbons (Fsp3) is 0.429. The molecule has 0 amide bonds. The second-order valence-corrected chi connectivity index (χ2v) is 4.46. The van der Waals surface area contributed by atoms with Crippen LogP contribution in [0.4, 0.5) is 0 Å². The van der Waals surface area contributed by atoms with Gasteiger partial charge in [-0.2, -0.15) is 4.98 Å². The summed E-state index contributed by atoms with van der Waals surface area (Å²) in [7, 11) is 0. The van der Waals surface area contributed by atoms with Crippen LogP contribution >= 0.6 is 0 Å². The highest BCUT2D eigenvalue weighted by Crippen LogP contribution is 2.25. The van der Waals surface area contributed by atoms with Crippen LogP contribution in [0, 0.1) is 13.8 Å². The van der Waals surface area contributed by atoms with Crippen LogP contribution in [0.3, 0.4) is 0 Å². The van der Waals surface area contributed by atoms with Gasteiger partial charge in [-0.15, -0.1) is 0 Å². The second-order valence-electron chi connectivity index (χ2n) is 4.46. The van der Waals surface area contributed by atoms with Gasteiger partial charge < -0.3 is 14.4 Å². The first-order valence-corrected chi connectivity index (χ1v) is 6.29. The van der Waals surface area contributed by atoms with Crippen molar-refractivity contribution in [2.75, 3.05) is 0 Å². The smallest absolute Gasteiger partial charge is 0.226 e. The van der Waals surface area contributed by atoms with E-state index in [1.165, 1.54) is 0 Å². The minimum Gasteiger partial charge on any atom is -0.485 e. The third kappa shape index (κ3) is 3.12. The summed E-state index contributed by atoms with van der Waals surface area (Å²) in [5.41, 5.74) is 2.86. The Morgan fingerprint density at radius 1 is 1.26 bits per heavy atom. The number of hydrogen-bond donors (Lipinski definition) is 1. The Morgan fingerprint density at radius 2 is 1.95 bits per heavy atom. The molecule has 2 rings (SSSR count). The summed E-state index contributed by atoms with van der Waals surface area (Å²) in [5, 5.41) is 13.0. The molecule has 0 spiro atoms. The first kappa shape index (κ1) is 13.5. The maximum Gasteiger partial charge on any atom is 0.226 e. The maximum absolute atomic E-state index is 9.14. The molecule has 5 nitrogen and oxygen atoms in total. The van der Waals surface area contributed by atoms with Crippen molar-refractivity contribution in [1.82, 2.24) is 10.1 Å². The molecule has 1 heterocycles. The van der Waals surface area contributed by atoms with Crippen molar-refractivity contribution in [3.63, 3.8) is 0 Å². The lowest BCUT2D eigenvalue weighted by atomic mass is 10.1. The molecule has 0 saturated heterocycles. The zero-order valence-electron chi connectivity index (χ0n) is 11.4. The molecule has 0 fully saturated rings. The number of aromatic nitrogens is 2. The standard InChI is InChI=1S/C14H18N2O3/c1-4-13-15-12(16-19-13)8-18-14-9(2)5-11(7-17)6-10(14)3/h5-6,17H,4,7-8H2,1-3H3. The van der Waals surface area contributed by atoms with Crippen LogP contribution in [0.15, 0.2) is 16.7 Å². The summed E-state index contributed by atoms with van der Waals surface area (Å²) in [4.78, 5) is 4.19. The minimum absolute atomic E-state index is 0.0344. The predicted molar refractivity (Wildman–Crippen MR) is 69.8 cm³/mol. The van der Waals surface area contributed by atoms with Crippen molar-refractivity contribution < 1.29 is 14.4 Å². The van der Waals surface area contributed by atoms with Gasteiger partial charge in [-0.1, -0.05) is 24.2 Å². The Balaban J connectivity index is 2.11. The molecular formula is C14H18N2O3. The Kier molecular flexibility index (Phi) is 4.16. The molecule has 0 unspecified atom stereocenters. The molecule has 0 aliphatic heterocycles. The summed E-state index contributed by atoms with van der Waals surface area (Å²) >= 11 is 0. The topological polar surface area (TPSA) is 68.4 Å². The van der Waals surface area contributed by atoms with E-state index in [1.54, 1.807) is 0 Å². The van der Waals surface area contributed by atoms with Crippen molar-refractivity contribution in [2.45, 2.75) is 40.4 Å². The SMILES string of the molecule is CCc1nc(COc2c(C)cc(CO)cc2C)no1. The highest BCUT2D eigenvalue weighted by Gasteiger charge is 2.09. The monoisotopic (exact) mass is 262 g/mol. The van der Waals surface area contributed by atoms with Crippen molar-refractivity contribution >= 4 is 0 Å². The number of ether oxygens (including phenoxy) is 1. The van der Waals surface area contributed by atoms with Gasteiger partial charge in [0.2, 0.25) is 11.7 Å². The van der Waals surface area contributed by atoms with Crippen LogP contribution < -0.4 is 4.74 Å². The summed E-state index contributed by atoms with van der Waals surface area (Å²) in [5.74, 6) is 1.96. The van der Waals surface area contributed by atoms with Crippen molar-refractivity contribution in [3.05, 3.63) is 40.5 Å². The average molecular weight is 262 g/mol. The van der Waals surface area contributed by atoms with Gasteiger partial charge in [0.15, 0.2) is 6.61 Å². The molecular weight excluding hydrogens is 244 g/mol. The highest BCUT2D eigenvalue weighted by molar-refractivity contribution is 5.43. The highest BCUT2D eigenvalue weighted by atomic mass is 16.5. The average Bonchev–Trinajstić information content (AvgIpc) is 2.85. The van der Waals surface area contributed by atoms with Crippen LogP contribution in [0.25, 0.3) is 0 Å². The molecule has 1 aromatic carbocycles. The first-order valence-electron chi connectivity index (χ1n) is 6.29. The van der Waals surface area contributed by atoms with E-state index in [1.807, 2.05) is 32.9 Å². The molecule has 0 aliphatic rings. The van der Waals surface area contributed by atoms with Gasteiger partial charge in [0.05, 0.1) is 6.61 Å². The molecule has 5 heteroatoms. The number of aliphatic hydroxyl groups is 1. The van der Waals surface area contributed by atoms with E-state index < -0.39 is 0 Å². The third-order valence-corrected chi connectivity index (χ3v) is 2.86. The van der Waals surface area contributed by atoms with Gasteiger partial charge in [0, 0.05) is 6.42 Å². The quantitative estimate of drug-likeness (QED) is 0.895. The van der Waals surface area contributed by atoms with E-state index in [0.717, 1.165) is 28.9 Å². The fourth-order valence-corrected chi connectivity index (χ4v) is 1.99. The number of aliphatic hydroxyl groups excluding tert-OH is 1. The summed E-state index contributed by atoms with van der Waals surface area (Å²) < 4.78 is 10.8. The predicted octanol–water partition coefficient (Wildman–Crippen LogP) is 2.32. The summed E-state index contributed by atoms with van der Waals surface area (Å²) in [6.45, 7) is 6.18. The number of nitrogens with zero attached hydrogens (tertiary/aromatic N) is 2. The van der Waals surface area contributed by atoms with E-state index in [2.05, 4.69) is 10.1 Å². The maximum atomic E-state index is 9.14. The van der Waals surface area contributed by atoms with Crippen LogP contribution in [-0.4, -0.2) is 15.2 Å². The van der Waals surface area contributed by atoms with Crippen LogP contribution in [0.2, 0.25) is 0 Å². The summed E-state index contributed by atoms with van der Waals surface area (Å²) in [6, 6.07) is 3.83. The summed E-state index contributed by atoms with van der Waals surface area (Å²) in [6.07, 6.45) is 0.719. The number of aryl methyl sites for hydroxylation is 3. The minimum atomic E-state index is 0.0344. The second kappa shape index (κ2) is 5.84. The number of hydrogen-bond acceptors (Lipinski definition) is 5. The lowest BCUT2D eigenvalue weighted by Crippen LogP contribution is -2.01. The zero-order chi connectivity index (χ0) is 13.8. The first-order chi connectivity index (χ1) is 9.13. The van der Waals surface area contributed by atoms with Gasteiger partial charge in [0.1, 0.15) is 5.75 Å². The number of benzene rings is 1. The lowest BCUT2D eigenvalue weighted by molar-refractivity contribution is 0.276.